The van der Waals surface area contributed by atoms with Crippen molar-refractivity contribution >= 4 is 0 Å². The van der Waals surface area contributed by atoms with Gasteiger partial charge in [0.25, 0.3) is 0 Å². The smallest absolute Gasteiger partial charge is 0.0154 e. The van der Waals surface area contributed by atoms with E-state index in [2.05, 4.69) is 24.5 Å². The van der Waals surface area contributed by atoms with Crippen LogP contribution in [0.5, 0.6) is 0 Å². The molecule has 0 bridgehead atoms. The highest BCUT2D eigenvalue weighted by Gasteiger charge is 2.38. The summed E-state index contributed by atoms with van der Waals surface area (Å²) in [6.45, 7) is 8.39. The van der Waals surface area contributed by atoms with Crippen molar-refractivity contribution in [2.45, 2.75) is 45.1 Å². The van der Waals surface area contributed by atoms with Gasteiger partial charge in [-0.05, 0) is 51.1 Å². The van der Waals surface area contributed by atoms with Crippen LogP contribution in [0.1, 0.15) is 39.5 Å². The highest BCUT2D eigenvalue weighted by Crippen LogP contribution is 2.36. The maximum absolute atomic E-state index is 3.72. The minimum absolute atomic E-state index is 0.508. The summed E-state index contributed by atoms with van der Waals surface area (Å²) in [6.07, 6.45) is 5.41. The normalized spacial score (nSPS) is 30.0. The minimum atomic E-state index is 0.508. The molecule has 2 nitrogen and oxygen atoms in total. The molecule has 0 radical (unpaired) electrons. The number of rotatable bonds is 3. The van der Waals surface area contributed by atoms with Gasteiger partial charge in [0.05, 0.1) is 0 Å². The summed E-state index contributed by atoms with van der Waals surface area (Å²) < 4.78 is 0. The monoisotopic (exact) mass is 182 g/mol. The van der Waals surface area contributed by atoms with E-state index in [0.29, 0.717) is 11.0 Å². The Hall–Kier alpha value is -0.0800. The summed E-state index contributed by atoms with van der Waals surface area (Å²) in [4.78, 5) is 0. The van der Waals surface area contributed by atoms with Crippen LogP contribution in [0.2, 0.25) is 0 Å². The SMILES string of the molecule is CC1(CNC2(C)CC2)CCNCC1. The molecule has 1 saturated carbocycles. The Labute approximate surface area is 81.5 Å². The molecular formula is C11H22N2. The largest absolute Gasteiger partial charge is 0.317 e. The van der Waals surface area contributed by atoms with Gasteiger partial charge in [-0.3, -0.25) is 0 Å². The molecule has 2 rings (SSSR count). The van der Waals surface area contributed by atoms with E-state index in [-0.39, 0.29) is 0 Å². The van der Waals surface area contributed by atoms with Crippen molar-refractivity contribution in [2.24, 2.45) is 5.41 Å². The standard InChI is InChI=1S/C11H22N2/c1-10(5-7-12-8-6-10)9-13-11(2)3-4-11/h12-13H,3-9H2,1-2H3. The van der Waals surface area contributed by atoms with E-state index in [1.165, 1.54) is 45.3 Å². The van der Waals surface area contributed by atoms with Crippen LogP contribution in [-0.4, -0.2) is 25.2 Å². The number of hydrogen-bond donors (Lipinski definition) is 2. The lowest BCUT2D eigenvalue weighted by Crippen LogP contribution is -2.44. The van der Waals surface area contributed by atoms with Gasteiger partial charge in [-0.15, -0.1) is 0 Å². The van der Waals surface area contributed by atoms with Gasteiger partial charge in [0.15, 0.2) is 0 Å². The lowest BCUT2D eigenvalue weighted by Gasteiger charge is -2.35. The van der Waals surface area contributed by atoms with Crippen LogP contribution in [-0.2, 0) is 0 Å². The third kappa shape index (κ3) is 2.44. The molecule has 76 valence electrons. The maximum Gasteiger partial charge on any atom is 0.0154 e. The third-order valence-corrected chi connectivity index (χ3v) is 3.75. The zero-order chi connectivity index (χ0) is 9.36. The van der Waals surface area contributed by atoms with Gasteiger partial charge in [0.1, 0.15) is 0 Å². The summed E-state index contributed by atoms with van der Waals surface area (Å²) in [5, 5.41) is 7.14. The van der Waals surface area contributed by atoms with Gasteiger partial charge in [-0.1, -0.05) is 6.92 Å². The van der Waals surface area contributed by atoms with Crippen LogP contribution >= 0.6 is 0 Å². The lowest BCUT2D eigenvalue weighted by atomic mass is 9.81. The molecule has 1 saturated heterocycles. The van der Waals surface area contributed by atoms with Crippen LogP contribution in [0, 0.1) is 5.41 Å². The molecule has 1 heterocycles. The molecule has 0 aromatic carbocycles. The number of nitrogens with one attached hydrogen (secondary N) is 2. The fourth-order valence-corrected chi connectivity index (χ4v) is 2.00. The Bertz CT molecular complexity index is 179. The molecule has 1 aliphatic heterocycles. The van der Waals surface area contributed by atoms with E-state index in [4.69, 9.17) is 0 Å². The first kappa shape index (κ1) is 9.47. The van der Waals surface area contributed by atoms with Crippen LogP contribution < -0.4 is 10.6 Å². The van der Waals surface area contributed by atoms with E-state index in [0.717, 1.165) is 0 Å². The summed E-state index contributed by atoms with van der Waals surface area (Å²) >= 11 is 0. The number of hydrogen-bond acceptors (Lipinski definition) is 2. The van der Waals surface area contributed by atoms with Crippen LogP contribution in [0.15, 0.2) is 0 Å². The fourth-order valence-electron chi connectivity index (χ4n) is 2.00. The van der Waals surface area contributed by atoms with Crippen LogP contribution in [0.4, 0.5) is 0 Å². The minimum Gasteiger partial charge on any atom is -0.317 e. The maximum atomic E-state index is 3.72. The van der Waals surface area contributed by atoms with Crippen molar-refractivity contribution in [3.63, 3.8) is 0 Å². The molecule has 0 amide bonds. The van der Waals surface area contributed by atoms with Gasteiger partial charge in [0, 0.05) is 12.1 Å². The molecule has 0 atom stereocenters. The molecule has 0 aromatic rings. The molecule has 2 fully saturated rings. The van der Waals surface area contributed by atoms with Crippen molar-refractivity contribution in [3.8, 4) is 0 Å². The predicted molar refractivity (Wildman–Crippen MR) is 55.9 cm³/mol. The Kier molecular flexibility index (Phi) is 2.37. The fraction of sp³-hybridized carbons (Fsp3) is 1.00. The van der Waals surface area contributed by atoms with E-state index in [1.54, 1.807) is 0 Å². The predicted octanol–water partition coefficient (Wildman–Crippen LogP) is 1.52. The summed E-state index contributed by atoms with van der Waals surface area (Å²) in [5.74, 6) is 0. The first-order valence-electron chi connectivity index (χ1n) is 5.58. The first-order valence-corrected chi connectivity index (χ1v) is 5.58. The molecule has 2 N–H and O–H groups in total. The molecule has 0 aromatic heterocycles. The van der Waals surface area contributed by atoms with E-state index in [1.807, 2.05) is 0 Å². The molecule has 1 aliphatic carbocycles. The molecule has 0 spiro atoms. The molecule has 13 heavy (non-hydrogen) atoms. The summed E-state index contributed by atoms with van der Waals surface area (Å²) in [5.41, 5.74) is 1.06. The van der Waals surface area contributed by atoms with E-state index in [9.17, 15) is 0 Å². The van der Waals surface area contributed by atoms with E-state index < -0.39 is 0 Å². The van der Waals surface area contributed by atoms with Crippen molar-refractivity contribution < 1.29 is 0 Å². The first-order chi connectivity index (χ1) is 6.12. The van der Waals surface area contributed by atoms with Crippen molar-refractivity contribution in [2.75, 3.05) is 19.6 Å². The van der Waals surface area contributed by atoms with Crippen LogP contribution in [0.3, 0.4) is 0 Å². The van der Waals surface area contributed by atoms with Gasteiger partial charge >= 0.3 is 0 Å². The van der Waals surface area contributed by atoms with Gasteiger partial charge in [-0.2, -0.15) is 0 Å². The molecular weight excluding hydrogens is 160 g/mol. The lowest BCUT2D eigenvalue weighted by molar-refractivity contribution is 0.211. The second-order valence-corrected chi connectivity index (χ2v) is 5.47. The zero-order valence-corrected chi connectivity index (χ0v) is 8.95. The van der Waals surface area contributed by atoms with Crippen molar-refractivity contribution in [1.29, 1.82) is 0 Å². The summed E-state index contributed by atoms with van der Waals surface area (Å²) in [7, 11) is 0. The Morgan fingerprint density at radius 3 is 2.23 bits per heavy atom. The average molecular weight is 182 g/mol. The molecule has 2 aliphatic rings. The summed E-state index contributed by atoms with van der Waals surface area (Å²) in [6, 6.07) is 0. The highest BCUT2D eigenvalue weighted by atomic mass is 15.0. The second kappa shape index (κ2) is 3.25. The zero-order valence-electron chi connectivity index (χ0n) is 8.95. The molecule has 2 heteroatoms. The molecule has 0 unspecified atom stereocenters. The Morgan fingerprint density at radius 1 is 1.08 bits per heavy atom. The van der Waals surface area contributed by atoms with E-state index >= 15 is 0 Å². The number of piperidine rings is 1. The second-order valence-electron chi connectivity index (χ2n) is 5.47. The van der Waals surface area contributed by atoms with Gasteiger partial charge < -0.3 is 10.6 Å². The van der Waals surface area contributed by atoms with Crippen LogP contribution in [0.25, 0.3) is 0 Å². The van der Waals surface area contributed by atoms with Gasteiger partial charge in [0.2, 0.25) is 0 Å². The Balaban J connectivity index is 1.77. The van der Waals surface area contributed by atoms with Gasteiger partial charge in [-0.25, -0.2) is 0 Å². The topological polar surface area (TPSA) is 24.1 Å². The third-order valence-electron chi connectivity index (χ3n) is 3.75. The van der Waals surface area contributed by atoms with Crippen molar-refractivity contribution in [3.05, 3.63) is 0 Å². The average Bonchev–Trinajstić information content (AvgIpc) is 2.84. The highest BCUT2D eigenvalue weighted by molar-refractivity contribution is 4.99. The Morgan fingerprint density at radius 2 is 1.69 bits per heavy atom. The quantitative estimate of drug-likeness (QED) is 0.691. The van der Waals surface area contributed by atoms with Crippen molar-refractivity contribution in [1.82, 2.24) is 10.6 Å².